The van der Waals surface area contributed by atoms with Crippen LogP contribution in [0.25, 0.3) is 0 Å². The summed E-state index contributed by atoms with van der Waals surface area (Å²) in [6.45, 7) is 2.78. The quantitative estimate of drug-likeness (QED) is 0.854. The van der Waals surface area contributed by atoms with E-state index >= 15 is 0 Å². The summed E-state index contributed by atoms with van der Waals surface area (Å²) in [7, 11) is 0. The number of carbonyl (C=O) groups excluding carboxylic acids is 2. The molecule has 0 bridgehead atoms. The molecule has 0 aliphatic carbocycles. The van der Waals surface area contributed by atoms with Crippen molar-refractivity contribution in [2.45, 2.75) is 0 Å². The van der Waals surface area contributed by atoms with Gasteiger partial charge in [0.25, 0.3) is 11.8 Å². The Morgan fingerprint density at radius 3 is 2.50 bits per heavy atom. The summed E-state index contributed by atoms with van der Waals surface area (Å²) >= 11 is 0. The molecule has 1 fully saturated rings. The van der Waals surface area contributed by atoms with Gasteiger partial charge in [0.1, 0.15) is 0 Å². The molecule has 1 aliphatic heterocycles. The number of para-hydroxylation sites is 1. The maximum Gasteiger partial charge on any atom is 0.276 e. The van der Waals surface area contributed by atoms with Gasteiger partial charge in [0.05, 0.1) is 24.5 Å². The van der Waals surface area contributed by atoms with Crippen LogP contribution in [0, 0.1) is 0 Å². The van der Waals surface area contributed by atoms with Gasteiger partial charge in [-0.25, -0.2) is 0 Å². The molecule has 8 nitrogen and oxygen atoms in total. The Kier molecular flexibility index (Phi) is 4.66. The lowest BCUT2D eigenvalue weighted by molar-refractivity contribution is 0.100. The van der Waals surface area contributed by atoms with E-state index in [-0.39, 0.29) is 11.3 Å². The SMILES string of the molecule is NC(=O)c1ccccc1NC(=O)c1ccc(N2CCOCC2)nn1. The molecule has 24 heavy (non-hydrogen) atoms. The molecule has 2 amide bonds. The van der Waals surface area contributed by atoms with E-state index in [2.05, 4.69) is 15.5 Å². The monoisotopic (exact) mass is 327 g/mol. The van der Waals surface area contributed by atoms with E-state index < -0.39 is 11.8 Å². The van der Waals surface area contributed by atoms with Crippen molar-refractivity contribution in [2.24, 2.45) is 5.73 Å². The fraction of sp³-hybridized carbons (Fsp3) is 0.250. The van der Waals surface area contributed by atoms with E-state index in [4.69, 9.17) is 10.5 Å². The second-order valence-corrected chi connectivity index (χ2v) is 5.24. The Balaban J connectivity index is 1.72. The van der Waals surface area contributed by atoms with Crippen LogP contribution in [-0.2, 0) is 4.74 Å². The van der Waals surface area contributed by atoms with Gasteiger partial charge in [-0.3, -0.25) is 9.59 Å². The maximum absolute atomic E-state index is 12.3. The van der Waals surface area contributed by atoms with E-state index in [1.54, 1.807) is 36.4 Å². The summed E-state index contributed by atoms with van der Waals surface area (Å²) in [6, 6.07) is 9.87. The summed E-state index contributed by atoms with van der Waals surface area (Å²) < 4.78 is 5.29. The van der Waals surface area contributed by atoms with Gasteiger partial charge in [0.15, 0.2) is 11.5 Å². The number of hydrogen-bond acceptors (Lipinski definition) is 6. The fourth-order valence-corrected chi connectivity index (χ4v) is 2.40. The zero-order valence-electron chi connectivity index (χ0n) is 12.9. The molecule has 2 aromatic rings. The second-order valence-electron chi connectivity index (χ2n) is 5.24. The van der Waals surface area contributed by atoms with Crippen molar-refractivity contribution >= 4 is 23.3 Å². The van der Waals surface area contributed by atoms with E-state index in [0.29, 0.717) is 24.7 Å². The maximum atomic E-state index is 12.3. The smallest absolute Gasteiger partial charge is 0.276 e. The van der Waals surface area contributed by atoms with Gasteiger partial charge in [0, 0.05) is 13.1 Å². The van der Waals surface area contributed by atoms with E-state index in [0.717, 1.165) is 13.1 Å². The normalized spacial score (nSPS) is 14.2. The van der Waals surface area contributed by atoms with Crippen LogP contribution < -0.4 is 16.0 Å². The van der Waals surface area contributed by atoms with Crippen molar-refractivity contribution in [3.8, 4) is 0 Å². The number of nitrogens with two attached hydrogens (primary N) is 1. The molecule has 3 rings (SSSR count). The van der Waals surface area contributed by atoms with Gasteiger partial charge in [-0.2, -0.15) is 0 Å². The highest BCUT2D eigenvalue weighted by atomic mass is 16.5. The van der Waals surface area contributed by atoms with Gasteiger partial charge < -0.3 is 20.7 Å². The van der Waals surface area contributed by atoms with Crippen molar-refractivity contribution in [3.63, 3.8) is 0 Å². The Hall–Kier alpha value is -3.00. The summed E-state index contributed by atoms with van der Waals surface area (Å²) in [5, 5.41) is 10.7. The highest BCUT2D eigenvalue weighted by molar-refractivity contribution is 6.07. The van der Waals surface area contributed by atoms with Crippen LogP contribution >= 0.6 is 0 Å². The number of aromatic nitrogens is 2. The summed E-state index contributed by atoms with van der Waals surface area (Å²) in [6.07, 6.45) is 0. The van der Waals surface area contributed by atoms with Crippen LogP contribution in [0.5, 0.6) is 0 Å². The summed E-state index contributed by atoms with van der Waals surface area (Å²) in [5.74, 6) is -0.364. The third kappa shape index (κ3) is 3.49. The Labute approximate surface area is 138 Å². The number of benzene rings is 1. The number of amides is 2. The van der Waals surface area contributed by atoms with Crippen LogP contribution in [-0.4, -0.2) is 48.3 Å². The molecule has 0 radical (unpaired) electrons. The number of ether oxygens (including phenoxy) is 1. The zero-order valence-corrected chi connectivity index (χ0v) is 12.9. The molecule has 0 spiro atoms. The van der Waals surface area contributed by atoms with Crippen LogP contribution in [0.15, 0.2) is 36.4 Å². The van der Waals surface area contributed by atoms with E-state index in [1.807, 2.05) is 4.90 Å². The molecule has 8 heteroatoms. The first-order chi connectivity index (χ1) is 11.6. The Morgan fingerprint density at radius 1 is 1.08 bits per heavy atom. The molecule has 1 aromatic heterocycles. The molecule has 1 aromatic carbocycles. The first kappa shape index (κ1) is 15.9. The molecule has 0 atom stereocenters. The molecule has 2 heterocycles. The third-order valence-electron chi connectivity index (χ3n) is 3.66. The Morgan fingerprint density at radius 2 is 1.83 bits per heavy atom. The highest BCUT2D eigenvalue weighted by Gasteiger charge is 2.16. The van der Waals surface area contributed by atoms with Crippen molar-refractivity contribution in [1.29, 1.82) is 0 Å². The predicted octanol–water partition coefficient (Wildman–Crippen LogP) is 0.664. The molecule has 0 saturated carbocycles. The molecule has 1 aliphatic rings. The van der Waals surface area contributed by atoms with E-state index in [9.17, 15) is 9.59 Å². The summed E-state index contributed by atoms with van der Waals surface area (Å²) in [5.41, 5.74) is 6.04. The number of hydrogen-bond donors (Lipinski definition) is 2. The average molecular weight is 327 g/mol. The fourth-order valence-electron chi connectivity index (χ4n) is 2.40. The first-order valence-corrected chi connectivity index (χ1v) is 7.52. The van der Waals surface area contributed by atoms with Crippen molar-refractivity contribution in [3.05, 3.63) is 47.7 Å². The van der Waals surface area contributed by atoms with Crippen LogP contribution in [0.4, 0.5) is 11.5 Å². The average Bonchev–Trinajstić information content (AvgIpc) is 2.63. The molecular weight excluding hydrogens is 310 g/mol. The van der Waals surface area contributed by atoms with Crippen LogP contribution in [0.1, 0.15) is 20.8 Å². The van der Waals surface area contributed by atoms with Gasteiger partial charge >= 0.3 is 0 Å². The third-order valence-corrected chi connectivity index (χ3v) is 3.66. The number of carbonyl (C=O) groups is 2. The molecule has 1 saturated heterocycles. The number of nitrogens with zero attached hydrogens (tertiary/aromatic N) is 3. The predicted molar refractivity (Wildman–Crippen MR) is 88.0 cm³/mol. The number of morpholine rings is 1. The largest absolute Gasteiger partial charge is 0.378 e. The molecule has 0 unspecified atom stereocenters. The van der Waals surface area contributed by atoms with Crippen LogP contribution in [0.2, 0.25) is 0 Å². The van der Waals surface area contributed by atoms with Gasteiger partial charge in [-0.15, -0.1) is 10.2 Å². The van der Waals surface area contributed by atoms with Crippen molar-refractivity contribution in [2.75, 3.05) is 36.5 Å². The van der Waals surface area contributed by atoms with Gasteiger partial charge in [-0.05, 0) is 24.3 Å². The lowest BCUT2D eigenvalue weighted by Crippen LogP contribution is -2.37. The first-order valence-electron chi connectivity index (χ1n) is 7.52. The zero-order chi connectivity index (χ0) is 16.9. The lowest BCUT2D eigenvalue weighted by Gasteiger charge is -2.27. The van der Waals surface area contributed by atoms with E-state index in [1.165, 1.54) is 0 Å². The number of rotatable bonds is 4. The summed E-state index contributed by atoms with van der Waals surface area (Å²) in [4.78, 5) is 25.7. The minimum atomic E-state index is -0.611. The minimum absolute atomic E-state index is 0.159. The topological polar surface area (TPSA) is 110 Å². The van der Waals surface area contributed by atoms with Gasteiger partial charge in [0.2, 0.25) is 0 Å². The lowest BCUT2D eigenvalue weighted by atomic mass is 10.1. The van der Waals surface area contributed by atoms with Gasteiger partial charge in [-0.1, -0.05) is 12.1 Å². The van der Waals surface area contributed by atoms with Crippen molar-refractivity contribution < 1.29 is 14.3 Å². The highest BCUT2D eigenvalue weighted by Crippen LogP contribution is 2.16. The second kappa shape index (κ2) is 7.05. The van der Waals surface area contributed by atoms with Crippen LogP contribution in [0.3, 0.4) is 0 Å². The number of primary amides is 1. The number of anilines is 2. The molecule has 3 N–H and O–H groups in total. The standard InChI is InChI=1S/C16H17N5O3/c17-15(22)11-3-1-2-4-12(11)18-16(23)13-5-6-14(20-19-13)21-7-9-24-10-8-21/h1-6H,7-10H2,(H2,17,22)(H,18,23). The van der Waals surface area contributed by atoms with Crippen molar-refractivity contribution in [1.82, 2.24) is 10.2 Å². The number of nitrogens with one attached hydrogen (secondary N) is 1. The minimum Gasteiger partial charge on any atom is -0.378 e. The Bertz CT molecular complexity index is 742. The molecular formula is C16H17N5O3. The molecule has 124 valence electrons.